The van der Waals surface area contributed by atoms with Gasteiger partial charge in [-0.05, 0) is 42.0 Å². The maximum Gasteiger partial charge on any atom is 0.235 e. The van der Waals surface area contributed by atoms with Crippen molar-refractivity contribution in [1.82, 2.24) is 14.4 Å². The maximum absolute atomic E-state index is 5.54. The second-order valence-electron chi connectivity index (χ2n) is 6.70. The van der Waals surface area contributed by atoms with Crippen molar-refractivity contribution in [2.45, 2.75) is 0 Å². The van der Waals surface area contributed by atoms with E-state index >= 15 is 0 Å². The third-order valence-corrected chi connectivity index (χ3v) is 5.02. The second-order valence-corrected chi connectivity index (χ2v) is 6.70. The number of hydrogen-bond donors (Lipinski definition) is 0. The third kappa shape index (κ3) is 2.26. The lowest BCUT2D eigenvalue weighted by Gasteiger charge is -2.10. The smallest absolute Gasteiger partial charge is 0.235 e. The molecule has 0 radical (unpaired) electrons. The molecular formula is C23H15N3O2. The Morgan fingerprint density at radius 1 is 0.714 bits per heavy atom. The Bertz CT molecular complexity index is 1340. The van der Waals surface area contributed by atoms with Crippen LogP contribution in [0.4, 0.5) is 0 Å². The lowest BCUT2D eigenvalue weighted by molar-refractivity contribution is 0.174. The summed E-state index contributed by atoms with van der Waals surface area (Å²) >= 11 is 0. The van der Waals surface area contributed by atoms with Crippen molar-refractivity contribution in [2.75, 3.05) is 6.79 Å². The van der Waals surface area contributed by atoms with Crippen LogP contribution in [0.15, 0.2) is 78.9 Å². The Hall–Kier alpha value is -3.86. The number of nitrogens with zero attached hydrogens (tertiary/aromatic N) is 3. The van der Waals surface area contributed by atoms with Gasteiger partial charge in [-0.25, -0.2) is 9.97 Å². The van der Waals surface area contributed by atoms with E-state index in [4.69, 9.17) is 19.4 Å². The van der Waals surface area contributed by atoms with Crippen LogP contribution in [0.5, 0.6) is 11.5 Å². The first-order valence-corrected chi connectivity index (χ1v) is 9.10. The Morgan fingerprint density at radius 2 is 1.54 bits per heavy atom. The van der Waals surface area contributed by atoms with Crippen LogP contribution in [-0.4, -0.2) is 21.2 Å². The molecular weight excluding hydrogens is 350 g/mol. The Labute approximate surface area is 160 Å². The molecule has 5 aromatic rings. The molecule has 0 unspecified atom stereocenters. The molecule has 5 nitrogen and oxygen atoms in total. The first-order chi connectivity index (χ1) is 13.9. The van der Waals surface area contributed by atoms with Crippen molar-refractivity contribution in [3.05, 3.63) is 78.9 Å². The van der Waals surface area contributed by atoms with Gasteiger partial charge in [-0.1, -0.05) is 42.5 Å². The molecule has 6 rings (SSSR count). The molecule has 0 saturated heterocycles. The summed E-state index contributed by atoms with van der Waals surface area (Å²) in [4.78, 5) is 9.61. The van der Waals surface area contributed by atoms with Crippen molar-refractivity contribution in [3.8, 4) is 34.0 Å². The molecule has 0 saturated carbocycles. The highest BCUT2D eigenvalue weighted by Crippen LogP contribution is 2.37. The van der Waals surface area contributed by atoms with E-state index in [1.54, 1.807) is 0 Å². The number of para-hydroxylation sites is 2. The lowest BCUT2D eigenvalue weighted by Crippen LogP contribution is -1.97. The van der Waals surface area contributed by atoms with Crippen molar-refractivity contribution >= 4 is 16.8 Å². The summed E-state index contributed by atoms with van der Waals surface area (Å²) in [6, 6.07) is 26.4. The van der Waals surface area contributed by atoms with Gasteiger partial charge in [-0.3, -0.25) is 4.40 Å². The van der Waals surface area contributed by atoms with Crippen molar-refractivity contribution in [2.24, 2.45) is 0 Å². The van der Waals surface area contributed by atoms with Crippen LogP contribution in [0.1, 0.15) is 0 Å². The summed E-state index contributed by atoms with van der Waals surface area (Å²) in [5, 5.41) is 0. The summed E-state index contributed by atoms with van der Waals surface area (Å²) in [5.41, 5.74) is 5.94. The number of benzene rings is 3. The van der Waals surface area contributed by atoms with E-state index < -0.39 is 0 Å². The number of fused-ring (bicyclic) bond motifs is 4. The summed E-state index contributed by atoms with van der Waals surface area (Å²) in [6.07, 6.45) is 0. The first kappa shape index (κ1) is 15.2. The quantitative estimate of drug-likeness (QED) is 0.444. The molecule has 2 aromatic heterocycles. The second kappa shape index (κ2) is 5.82. The summed E-state index contributed by atoms with van der Waals surface area (Å²) in [6.45, 7) is 0.256. The van der Waals surface area contributed by atoms with Crippen LogP contribution in [-0.2, 0) is 0 Å². The van der Waals surface area contributed by atoms with Crippen LogP contribution < -0.4 is 9.47 Å². The fraction of sp³-hybridized carbons (Fsp3) is 0.0435. The fourth-order valence-electron chi connectivity index (χ4n) is 3.68. The van der Waals surface area contributed by atoms with Crippen LogP contribution in [0, 0.1) is 0 Å². The highest BCUT2D eigenvalue weighted by molar-refractivity contribution is 5.84. The summed E-state index contributed by atoms with van der Waals surface area (Å²) < 4.78 is 13.1. The van der Waals surface area contributed by atoms with Crippen LogP contribution in [0.3, 0.4) is 0 Å². The first-order valence-electron chi connectivity index (χ1n) is 9.10. The van der Waals surface area contributed by atoms with E-state index in [-0.39, 0.29) is 6.79 Å². The molecule has 5 heteroatoms. The molecule has 3 heterocycles. The molecule has 1 aliphatic rings. The van der Waals surface area contributed by atoms with E-state index in [0.717, 1.165) is 45.0 Å². The van der Waals surface area contributed by atoms with E-state index in [1.807, 2.05) is 54.6 Å². The fourth-order valence-corrected chi connectivity index (χ4v) is 3.68. The standard InChI is InChI=1S/C23H15N3O2/c1-2-6-15(7-3-1)20-13-18(16-10-11-21-22(12-16)28-14-27-21)25-23-24-17-8-4-5-9-19(17)26(20)23/h1-13H,14H2. The Balaban J connectivity index is 1.66. The van der Waals surface area contributed by atoms with Gasteiger partial charge in [0, 0.05) is 5.56 Å². The van der Waals surface area contributed by atoms with Gasteiger partial charge in [0.05, 0.1) is 22.4 Å². The molecule has 0 bridgehead atoms. The molecule has 1 aliphatic heterocycles. The Morgan fingerprint density at radius 3 is 2.46 bits per heavy atom. The largest absolute Gasteiger partial charge is 0.454 e. The normalized spacial score (nSPS) is 12.7. The van der Waals surface area contributed by atoms with Gasteiger partial charge in [0.2, 0.25) is 12.6 Å². The summed E-state index contributed by atoms with van der Waals surface area (Å²) in [7, 11) is 0. The molecule has 0 N–H and O–H groups in total. The van der Waals surface area contributed by atoms with E-state index in [0.29, 0.717) is 5.78 Å². The SMILES string of the molecule is c1ccc(-c2cc(-c3ccc4c(c3)OCO4)nc3nc4ccccc4n23)cc1. The Kier molecular flexibility index (Phi) is 3.17. The van der Waals surface area contributed by atoms with Crippen LogP contribution >= 0.6 is 0 Å². The molecule has 0 amide bonds. The van der Waals surface area contributed by atoms with Crippen molar-refractivity contribution in [1.29, 1.82) is 0 Å². The van der Waals surface area contributed by atoms with Crippen molar-refractivity contribution < 1.29 is 9.47 Å². The molecule has 0 aliphatic carbocycles. The zero-order valence-corrected chi connectivity index (χ0v) is 14.9. The van der Waals surface area contributed by atoms with Crippen LogP contribution in [0.2, 0.25) is 0 Å². The average Bonchev–Trinajstić information content (AvgIpc) is 3.37. The van der Waals surface area contributed by atoms with E-state index in [9.17, 15) is 0 Å². The molecule has 0 atom stereocenters. The molecule has 134 valence electrons. The number of aromatic nitrogens is 3. The number of rotatable bonds is 2. The minimum atomic E-state index is 0.256. The van der Waals surface area contributed by atoms with Gasteiger partial charge in [0.1, 0.15) is 0 Å². The highest BCUT2D eigenvalue weighted by Gasteiger charge is 2.17. The summed E-state index contributed by atoms with van der Waals surface area (Å²) in [5.74, 6) is 2.18. The number of imidazole rings is 1. The van der Waals surface area contributed by atoms with E-state index in [2.05, 4.69) is 28.7 Å². The van der Waals surface area contributed by atoms with Gasteiger partial charge >= 0.3 is 0 Å². The monoisotopic (exact) mass is 365 g/mol. The lowest BCUT2D eigenvalue weighted by atomic mass is 10.1. The van der Waals surface area contributed by atoms with Gasteiger partial charge in [0.15, 0.2) is 11.5 Å². The third-order valence-electron chi connectivity index (χ3n) is 5.02. The molecule has 0 spiro atoms. The minimum absolute atomic E-state index is 0.256. The zero-order chi connectivity index (χ0) is 18.5. The van der Waals surface area contributed by atoms with Gasteiger partial charge in [-0.2, -0.15) is 0 Å². The van der Waals surface area contributed by atoms with Crippen LogP contribution in [0.25, 0.3) is 39.3 Å². The number of ether oxygens (including phenoxy) is 2. The van der Waals surface area contributed by atoms with E-state index in [1.165, 1.54) is 0 Å². The predicted molar refractivity (Wildman–Crippen MR) is 107 cm³/mol. The van der Waals surface area contributed by atoms with Gasteiger partial charge in [0.25, 0.3) is 0 Å². The average molecular weight is 365 g/mol. The van der Waals surface area contributed by atoms with Gasteiger partial charge in [-0.15, -0.1) is 0 Å². The maximum atomic E-state index is 5.54. The highest BCUT2D eigenvalue weighted by atomic mass is 16.7. The molecule has 0 fully saturated rings. The number of hydrogen-bond acceptors (Lipinski definition) is 4. The zero-order valence-electron chi connectivity index (χ0n) is 14.9. The molecule has 3 aromatic carbocycles. The predicted octanol–water partition coefficient (Wildman–Crippen LogP) is 4.95. The minimum Gasteiger partial charge on any atom is -0.454 e. The van der Waals surface area contributed by atoms with Crippen molar-refractivity contribution in [3.63, 3.8) is 0 Å². The molecule has 28 heavy (non-hydrogen) atoms. The van der Waals surface area contributed by atoms with Gasteiger partial charge < -0.3 is 9.47 Å². The topological polar surface area (TPSA) is 48.7 Å².